The number of hydrogen-bond donors (Lipinski definition) is 0. The van der Waals surface area contributed by atoms with Gasteiger partial charge in [-0.05, 0) is 30.3 Å². The smallest absolute Gasteiger partial charge is 0.337 e. The lowest BCUT2D eigenvalue weighted by Gasteiger charge is -2.28. The minimum atomic E-state index is -0.641. The first-order chi connectivity index (χ1) is 14.2. The standard InChI is InChI=1S/C22H21BrF2N2O3/c1-22(2)11-30-10-19(22)27-18-6-12(21(28)29-3)4-5-17(18)26-20(27)9-14-15(24)7-13(23)8-16(14)25/h4-8,19H,9-11H2,1-3H3/t19-/m1/s1. The van der Waals surface area contributed by atoms with Crippen LogP contribution in [0.5, 0.6) is 0 Å². The topological polar surface area (TPSA) is 53.3 Å². The Morgan fingerprint density at radius 1 is 1.30 bits per heavy atom. The summed E-state index contributed by atoms with van der Waals surface area (Å²) in [4.78, 5) is 16.7. The molecular formula is C22H21BrF2N2O3. The first-order valence-corrected chi connectivity index (χ1v) is 10.3. The molecule has 1 aromatic heterocycles. The van der Waals surface area contributed by atoms with Gasteiger partial charge < -0.3 is 14.0 Å². The molecule has 8 heteroatoms. The van der Waals surface area contributed by atoms with Gasteiger partial charge in [-0.1, -0.05) is 29.8 Å². The maximum Gasteiger partial charge on any atom is 0.337 e. The molecule has 5 nitrogen and oxygen atoms in total. The third-order valence-corrected chi connectivity index (χ3v) is 6.05. The van der Waals surface area contributed by atoms with E-state index in [1.165, 1.54) is 19.2 Å². The van der Waals surface area contributed by atoms with E-state index in [0.717, 1.165) is 0 Å². The van der Waals surface area contributed by atoms with E-state index in [9.17, 15) is 13.6 Å². The van der Waals surface area contributed by atoms with Crippen LogP contribution in [-0.4, -0.2) is 35.8 Å². The largest absolute Gasteiger partial charge is 0.465 e. The minimum Gasteiger partial charge on any atom is -0.465 e. The Hall–Kier alpha value is -2.32. The first-order valence-electron chi connectivity index (χ1n) is 9.51. The van der Waals surface area contributed by atoms with E-state index in [1.54, 1.807) is 18.2 Å². The number of fused-ring (bicyclic) bond motifs is 1. The van der Waals surface area contributed by atoms with Crippen LogP contribution in [0.1, 0.15) is 41.6 Å². The number of halogens is 3. The third kappa shape index (κ3) is 3.63. The number of carbonyl (C=O) groups excluding carboxylic acids is 1. The molecule has 0 saturated carbocycles. The average molecular weight is 479 g/mol. The fourth-order valence-electron chi connectivity index (χ4n) is 3.94. The molecule has 0 amide bonds. The van der Waals surface area contributed by atoms with Crippen LogP contribution in [0, 0.1) is 17.0 Å². The zero-order valence-corrected chi connectivity index (χ0v) is 18.4. The number of nitrogens with zero attached hydrogens (tertiary/aromatic N) is 2. The molecule has 1 atom stereocenters. The Morgan fingerprint density at radius 3 is 2.60 bits per heavy atom. The minimum absolute atomic E-state index is 0.0280. The van der Waals surface area contributed by atoms with Crippen molar-refractivity contribution < 1.29 is 23.0 Å². The van der Waals surface area contributed by atoms with Gasteiger partial charge in [-0.3, -0.25) is 0 Å². The predicted molar refractivity (Wildman–Crippen MR) is 112 cm³/mol. The van der Waals surface area contributed by atoms with Crippen LogP contribution >= 0.6 is 15.9 Å². The van der Waals surface area contributed by atoms with Crippen molar-refractivity contribution in [1.29, 1.82) is 0 Å². The second kappa shape index (κ2) is 7.74. The molecule has 158 valence electrons. The maximum atomic E-state index is 14.5. The first kappa shape index (κ1) is 20.9. The summed E-state index contributed by atoms with van der Waals surface area (Å²) in [7, 11) is 1.32. The number of ether oxygens (including phenoxy) is 2. The molecule has 1 fully saturated rings. The van der Waals surface area contributed by atoms with Crippen molar-refractivity contribution in [3.63, 3.8) is 0 Å². The average Bonchev–Trinajstić information content (AvgIpc) is 3.21. The Kier molecular flexibility index (Phi) is 5.40. The molecule has 0 radical (unpaired) electrons. The number of benzene rings is 2. The number of esters is 1. The van der Waals surface area contributed by atoms with Crippen molar-refractivity contribution in [3.8, 4) is 0 Å². The summed E-state index contributed by atoms with van der Waals surface area (Å²) in [6.07, 6.45) is -0.0280. The second-order valence-electron chi connectivity index (χ2n) is 8.14. The molecule has 2 heterocycles. The molecule has 0 unspecified atom stereocenters. The zero-order chi connectivity index (χ0) is 21.6. The molecule has 1 saturated heterocycles. The van der Waals surface area contributed by atoms with Gasteiger partial charge in [0.05, 0.1) is 43.0 Å². The zero-order valence-electron chi connectivity index (χ0n) is 16.8. The Bertz CT molecular complexity index is 1120. The van der Waals surface area contributed by atoms with Crippen molar-refractivity contribution in [1.82, 2.24) is 9.55 Å². The molecule has 0 bridgehead atoms. The van der Waals surface area contributed by atoms with Crippen molar-refractivity contribution in [3.05, 3.63) is 63.4 Å². The fourth-order valence-corrected chi connectivity index (χ4v) is 4.34. The van der Waals surface area contributed by atoms with E-state index in [0.29, 0.717) is 40.1 Å². The molecule has 0 N–H and O–H groups in total. The van der Waals surface area contributed by atoms with Gasteiger partial charge in [0.2, 0.25) is 0 Å². The van der Waals surface area contributed by atoms with Gasteiger partial charge >= 0.3 is 5.97 Å². The van der Waals surface area contributed by atoms with Gasteiger partial charge in [-0.15, -0.1) is 0 Å². The summed E-state index contributed by atoms with van der Waals surface area (Å²) in [5.74, 6) is -1.23. The molecule has 30 heavy (non-hydrogen) atoms. The van der Waals surface area contributed by atoms with E-state index in [-0.39, 0.29) is 23.4 Å². The van der Waals surface area contributed by atoms with Crippen molar-refractivity contribution in [2.45, 2.75) is 26.3 Å². The Balaban J connectivity index is 1.91. The molecule has 0 spiro atoms. The third-order valence-electron chi connectivity index (χ3n) is 5.59. The lowest BCUT2D eigenvalue weighted by molar-refractivity contribution is 0.0601. The van der Waals surface area contributed by atoms with E-state index < -0.39 is 17.6 Å². The van der Waals surface area contributed by atoms with Crippen LogP contribution in [0.3, 0.4) is 0 Å². The van der Waals surface area contributed by atoms with E-state index in [1.807, 2.05) is 4.57 Å². The highest BCUT2D eigenvalue weighted by molar-refractivity contribution is 9.10. The van der Waals surface area contributed by atoms with Crippen molar-refractivity contribution in [2.75, 3.05) is 20.3 Å². The van der Waals surface area contributed by atoms with Crippen molar-refractivity contribution >= 4 is 32.9 Å². The number of rotatable bonds is 4. The number of aromatic nitrogens is 2. The van der Waals surface area contributed by atoms with Gasteiger partial charge in [-0.25, -0.2) is 18.6 Å². The highest BCUT2D eigenvalue weighted by Crippen LogP contribution is 2.40. The molecule has 2 aromatic carbocycles. The van der Waals surface area contributed by atoms with Crippen LogP contribution in [-0.2, 0) is 15.9 Å². The number of methoxy groups -OCH3 is 1. The van der Waals surface area contributed by atoms with Gasteiger partial charge in [0, 0.05) is 21.9 Å². The summed E-state index contributed by atoms with van der Waals surface area (Å²) in [6.45, 7) is 5.14. The summed E-state index contributed by atoms with van der Waals surface area (Å²) >= 11 is 3.11. The molecule has 1 aliphatic rings. The molecule has 1 aliphatic heterocycles. The number of imidazole rings is 1. The second-order valence-corrected chi connectivity index (χ2v) is 9.05. The quantitative estimate of drug-likeness (QED) is 0.492. The van der Waals surface area contributed by atoms with Crippen molar-refractivity contribution in [2.24, 2.45) is 5.41 Å². The lowest BCUT2D eigenvalue weighted by atomic mass is 9.87. The monoisotopic (exact) mass is 478 g/mol. The predicted octanol–water partition coefficient (Wildman–Crippen LogP) is 5.05. The van der Waals surface area contributed by atoms with E-state index >= 15 is 0 Å². The van der Waals surface area contributed by atoms with Crippen LogP contribution in [0.4, 0.5) is 8.78 Å². The van der Waals surface area contributed by atoms with Crippen LogP contribution < -0.4 is 0 Å². The van der Waals surface area contributed by atoms with Gasteiger partial charge in [0.25, 0.3) is 0 Å². The van der Waals surface area contributed by atoms with E-state index in [4.69, 9.17) is 9.47 Å². The number of carbonyl (C=O) groups is 1. The normalized spacial score (nSPS) is 18.1. The highest BCUT2D eigenvalue weighted by Gasteiger charge is 2.39. The molecule has 3 aromatic rings. The Labute approximate surface area is 181 Å². The SMILES string of the molecule is COC(=O)c1ccc2nc(Cc3c(F)cc(Br)cc3F)n([C@@H]3COCC3(C)C)c2c1. The summed E-state index contributed by atoms with van der Waals surface area (Å²) in [5.41, 5.74) is 1.45. The molecule has 0 aliphatic carbocycles. The van der Waals surface area contributed by atoms with Gasteiger partial charge in [-0.2, -0.15) is 0 Å². The van der Waals surface area contributed by atoms with Crippen LogP contribution in [0.25, 0.3) is 11.0 Å². The van der Waals surface area contributed by atoms with Gasteiger partial charge in [0.1, 0.15) is 17.5 Å². The highest BCUT2D eigenvalue weighted by atomic mass is 79.9. The summed E-state index contributed by atoms with van der Waals surface area (Å²) < 4.78 is 41.9. The fraction of sp³-hybridized carbons (Fsp3) is 0.364. The maximum absolute atomic E-state index is 14.5. The molecule has 4 rings (SSSR count). The lowest BCUT2D eigenvalue weighted by Crippen LogP contribution is -2.27. The van der Waals surface area contributed by atoms with Crippen LogP contribution in [0.15, 0.2) is 34.8 Å². The van der Waals surface area contributed by atoms with Gasteiger partial charge in [0.15, 0.2) is 0 Å². The summed E-state index contributed by atoms with van der Waals surface area (Å²) in [6, 6.07) is 7.44. The number of hydrogen-bond acceptors (Lipinski definition) is 4. The molecular weight excluding hydrogens is 458 g/mol. The van der Waals surface area contributed by atoms with E-state index in [2.05, 4.69) is 34.8 Å². The summed E-state index contributed by atoms with van der Waals surface area (Å²) in [5, 5.41) is 0. The Morgan fingerprint density at radius 2 is 2.00 bits per heavy atom. The van der Waals surface area contributed by atoms with Crippen LogP contribution in [0.2, 0.25) is 0 Å².